The Balaban J connectivity index is 5.52. The number of amides is 6. The molecule has 0 heterocycles. The molecule has 0 aliphatic carbocycles. The Morgan fingerprint density at radius 1 is 0.688 bits per heavy atom. The summed E-state index contributed by atoms with van der Waals surface area (Å²) >= 11 is 0. The fourth-order valence-electron chi connectivity index (χ4n) is 2.36. The first-order valence-corrected chi connectivity index (χ1v) is 9.49. The SMILES string of the molecule is CC(N)C(=O)NC(CC(N)=O)C(=O)NC(CCC(N)=O)C(=O)NC(CCC(N)=O)C(=O)O. The van der Waals surface area contributed by atoms with Gasteiger partial charge >= 0.3 is 5.97 Å². The number of nitrogens with two attached hydrogens (primary N) is 4. The van der Waals surface area contributed by atoms with Gasteiger partial charge in [-0.3, -0.25) is 28.8 Å². The number of carbonyl (C=O) groups is 7. The largest absolute Gasteiger partial charge is 0.480 e. The first-order chi connectivity index (χ1) is 14.7. The molecule has 4 atom stereocenters. The molecular formula is C17H29N7O8. The molecule has 6 amide bonds. The van der Waals surface area contributed by atoms with Crippen molar-refractivity contribution < 1.29 is 38.7 Å². The summed E-state index contributed by atoms with van der Waals surface area (Å²) in [6, 6.07) is -5.48. The molecule has 0 aliphatic heterocycles. The van der Waals surface area contributed by atoms with Gasteiger partial charge in [-0.2, -0.15) is 0 Å². The van der Waals surface area contributed by atoms with Crippen LogP contribution in [0.3, 0.4) is 0 Å². The number of aliphatic carboxylic acids is 1. The molecule has 0 aromatic rings. The number of carboxylic acids is 1. The second kappa shape index (κ2) is 13.5. The van der Waals surface area contributed by atoms with Crippen LogP contribution in [0.5, 0.6) is 0 Å². The lowest BCUT2D eigenvalue weighted by Crippen LogP contribution is -2.57. The minimum atomic E-state index is -1.51. The van der Waals surface area contributed by atoms with Gasteiger partial charge in [0.1, 0.15) is 18.1 Å². The van der Waals surface area contributed by atoms with Gasteiger partial charge in [0.25, 0.3) is 0 Å². The number of rotatable bonds is 15. The van der Waals surface area contributed by atoms with Gasteiger partial charge in [-0.25, -0.2) is 4.79 Å². The third kappa shape index (κ3) is 11.4. The lowest BCUT2D eigenvalue weighted by Gasteiger charge is -2.24. The van der Waals surface area contributed by atoms with Gasteiger partial charge in [-0.1, -0.05) is 0 Å². The van der Waals surface area contributed by atoms with E-state index < -0.39 is 72.0 Å². The summed E-state index contributed by atoms with van der Waals surface area (Å²) in [5.41, 5.74) is 20.5. The van der Waals surface area contributed by atoms with Crippen LogP contribution in [-0.4, -0.2) is 70.7 Å². The van der Waals surface area contributed by atoms with Crippen molar-refractivity contribution in [2.45, 2.75) is 63.2 Å². The average molecular weight is 459 g/mol. The van der Waals surface area contributed by atoms with Crippen LogP contribution in [0.25, 0.3) is 0 Å². The molecule has 12 N–H and O–H groups in total. The van der Waals surface area contributed by atoms with Gasteiger partial charge in [0.2, 0.25) is 35.4 Å². The van der Waals surface area contributed by atoms with E-state index >= 15 is 0 Å². The van der Waals surface area contributed by atoms with Crippen molar-refractivity contribution in [1.82, 2.24) is 16.0 Å². The van der Waals surface area contributed by atoms with E-state index in [4.69, 9.17) is 22.9 Å². The first-order valence-electron chi connectivity index (χ1n) is 9.49. The van der Waals surface area contributed by atoms with Crippen LogP contribution in [0.15, 0.2) is 0 Å². The monoisotopic (exact) mass is 459 g/mol. The smallest absolute Gasteiger partial charge is 0.326 e. The van der Waals surface area contributed by atoms with Crippen LogP contribution in [0.4, 0.5) is 0 Å². The van der Waals surface area contributed by atoms with Crippen LogP contribution in [-0.2, 0) is 33.6 Å². The van der Waals surface area contributed by atoms with Gasteiger partial charge in [0, 0.05) is 12.8 Å². The molecule has 32 heavy (non-hydrogen) atoms. The first kappa shape index (κ1) is 28.2. The van der Waals surface area contributed by atoms with Crippen molar-refractivity contribution in [1.29, 1.82) is 0 Å². The zero-order valence-electron chi connectivity index (χ0n) is 17.5. The summed E-state index contributed by atoms with van der Waals surface area (Å²) in [4.78, 5) is 81.6. The Hall–Kier alpha value is -3.75. The highest BCUT2D eigenvalue weighted by Crippen LogP contribution is 2.04. The minimum absolute atomic E-state index is 0.318. The molecule has 15 heteroatoms. The Morgan fingerprint density at radius 2 is 1.09 bits per heavy atom. The van der Waals surface area contributed by atoms with E-state index in [-0.39, 0.29) is 25.7 Å². The fourth-order valence-corrected chi connectivity index (χ4v) is 2.36. The van der Waals surface area contributed by atoms with Crippen molar-refractivity contribution in [3.05, 3.63) is 0 Å². The minimum Gasteiger partial charge on any atom is -0.480 e. The predicted octanol–water partition coefficient (Wildman–Crippen LogP) is -4.72. The second-order valence-corrected chi connectivity index (χ2v) is 6.99. The van der Waals surface area contributed by atoms with Crippen molar-refractivity contribution in [2.75, 3.05) is 0 Å². The lowest BCUT2D eigenvalue weighted by atomic mass is 10.1. The topological polar surface area (TPSA) is 280 Å². The standard InChI is InChI=1S/C17H29N7O8/c1-7(18)14(28)24-10(6-13(21)27)16(30)22-8(2-4-11(19)25)15(29)23-9(17(31)32)3-5-12(20)26/h7-10H,2-6,18H2,1H3,(H2,19,25)(H2,20,26)(H2,21,27)(H,22,30)(H,23,29)(H,24,28)(H,31,32). The average Bonchev–Trinajstić information content (AvgIpc) is 2.66. The van der Waals surface area contributed by atoms with E-state index in [2.05, 4.69) is 16.0 Å². The summed E-state index contributed by atoms with van der Waals surface area (Å²) in [6.45, 7) is 1.33. The number of hydrogen-bond acceptors (Lipinski definition) is 8. The molecule has 0 saturated heterocycles. The molecule has 0 bridgehead atoms. The predicted molar refractivity (Wildman–Crippen MR) is 108 cm³/mol. The number of carboxylic acid groups (broad SMARTS) is 1. The maximum absolute atomic E-state index is 12.6. The highest BCUT2D eigenvalue weighted by molar-refractivity contribution is 5.96. The third-order valence-corrected chi connectivity index (χ3v) is 4.06. The Kier molecular flexibility index (Phi) is 11.9. The van der Waals surface area contributed by atoms with Gasteiger partial charge in [0.05, 0.1) is 12.5 Å². The summed E-state index contributed by atoms with van der Waals surface area (Å²) in [5, 5.41) is 15.8. The molecule has 0 fully saturated rings. The van der Waals surface area contributed by atoms with Crippen LogP contribution in [0.2, 0.25) is 0 Å². The van der Waals surface area contributed by atoms with E-state index in [1.807, 2.05) is 0 Å². The summed E-state index contributed by atoms with van der Waals surface area (Å²) in [6.07, 6.45) is -1.95. The van der Waals surface area contributed by atoms with E-state index in [0.29, 0.717) is 0 Å². The van der Waals surface area contributed by atoms with Gasteiger partial charge in [-0.05, 0) is 19.8 Å². The van der Waals surface area contributed by atoms with E-state index in [1.54, 1.807) is 0 Å². The summed E-state index contributed by atoms with van der Waals surface area (Å²) in [5.74, 6) is -6.79. The van der Waals surface area contributed by atoms with Crippen LogP contribution in [0, 0.1) is 0 Å². The number of carbonyl (C=O) groups excluding carboxylic acids is 6. The fraction of sp³-hybridized carbons (Fsp3) is 0.588. The molecule has 0 spiro atoms. The Labute approximate surface area is 183 Å². The molecule has 180 valence electrons. The van der Waals surface area contributed by atoms with Crippen molar-refractivity contribution >= 4 is 41.4 Å². The summed E-state index contributed by atoms with van der Waals surface area (Å²) < 4.78 is 0. The normalized spacial score (nSPS) is 14.2. The zero-order valence-corrected chi connectivity index (χ0v) is 17.5. The zero-order chi connectivity index (χ0) is 25.0. The molecule has 4 unspecified atom stereocenters. The van der Waals surface area contributed by atoms with Crippen LogP contribution >= 0.6 is 0 Å². The molecule has 0 aromatic carbocycles. The summed E-state index contributed by atoms with van der Waals surface area (Å²) in [7, 11) is 0. The lowest BCUT2D eigenvalue weighted by molar-refractivity contribution is -0.143. The quantitative estimate of drug-likeness (QED) is 0.116. The molecule has 0 radical (unpaired) electrons. The Morgan fingerprint density at radius 3 is 1.50 bits per heavy atom. The molecule has 15 nitrogen and oxygen atoms in total. The van der Waals surface area contributed by atoms with Gasteiger partial charge in [0.15, 0.2) is 0 Å². The number of primary amides is 3. The number of hydrogen-bond donors (Lipinski definition) is 8. The van der Waals surface area contributed by atoms with E-state index in [0.717, 1.165) is 0 Å². The maximum atomic E-state index is 12.6. The molecule has 0 aliphatic rings. The van der Waals surface area contributed by atoms with Crippen molar-refractivity contribution in [3.8, 4) is 0 Å². The van der Waals surface area contributed by atoms with Crippen molar-refractivity contribution in [2.24, 2.45) is 22.9 Å². The number of nitrogens with one attached hydrogen (secondary N) is 3. The molecule has 0 saturated carbocycles. The molecule has 0 aromatic heterocycles. The van der Waals surface area contributed by atoms with E-state index in [1.165, 1.54) is 6.92 Å². The molecule has 0 rings (SSSR count). The van der Waals surface area contributed by atoms with E-state index in [9.17, 15) is 38.7 Å². The highest BCUT2D eigenvalue weighted by atomic mass is 16.4. The highest BCUT2D eigenvalue weighted by Gasteiger charge is 2.31. The van der Waals surface area contributed by atoms with Gasteiger partial charge in [-0.15, -0.1) is 0 Å². The molecular weight excluding hydrogens is 430 g/mol. The van der Waals surface area contributed by atoms with Crippen LogP contribution in [0.1, 0.15) is 39.0 Å². The van der Waals surface area contributed by atoms with Crippen LogP contribution < -0.4 is 38.9 Å². The Bertz CT molecular complexity index is 755. The second-order valence-electron chi connectivity index (χ2n) is 6.99. The third-order valence-electron chi connectivity index (χ3n) is 4.06. The maximum Gasteiger partial charge on any atom is 0.326 e. The van der Waals surface area contributed by atoms with Gasteiger partial charge < -0.3 is 44.0 Å². The van der Waals surface area contributed by atoms with Crippen molar-refractivity contribution in [3.63, 3.8) is 0 Å².